The number of rotatable bonds is 3. The van der Waals surface area contributed by atoms with Crippen molar-refractivity contribution >= 4 is 0 Å². The summed E-state index contributed by atoms with van der Waals surface area (Å²) in [5.74, 6) is -0.307. The smallest absolute Gasteiger partial charge is 0.420 e. The van der Waals surface area contributed by atoms with E-state index in [-0.39, 0.29) is 11.3 Å². The van der Waals surface area contributed by atoms with Gasteiger partial charge < -0.3 is 10.5 Å². The molecular weight excluding hydrogens is 281 g/mol. The zero-order chi connectivity index (χ0) is 16.4. The Labute approximate surface area is 122 Å². The van der Waals surface area contributed by atoms with E-state index in [1.807, 2.05) is 20.8 Å². The standard InChI is InChI=1S/C15H19F3N2O/c1-9(20)13(14(2,3)4)21-12-6-5-10(8-19)7-11(12)15(16,17)18/h5-7,9,13H,20H2,1-4H3. The Balaban J connectivity index is 3.28. The molecule has 116 valence electrons. The Morgan fingerprint density at radius 1 is 1.24 bits per heavy atom. The van der Waals surface area contributed by atoms with Gasteiger partial charge in [0.15, 0.2) is 0 Å². The van der Waals surface area contributed by atoms with Crippen molar-refractivity contribution in [3.05, 3.63) is 29.3 Å². The van der Waals surface area contributed by atoms with Gasteiger partial charge in [0, 0.05) is 11.5 Å². The third kappa shape index (κ3) is 4.36. The number of hydrogen-bond acceptors (Lipinski definition) is 3. The largest absolute Gasteiger partial charge is 0.488 e. The molecule has 2 N–H and O–H groups in total. The number of benzene rings is 1. The van der Waals surface area contributed by atoms with Crippen molar-refractivity contribution in [3.63, 3.8) is 0 Å². The first kappa shape index (κ1) is 17.3. The zero-order valence-electron chi connectivity index (χ0n) is 12.5. The van der Waals surface area contributed by atoms with Gasteiger partial charge in [0.1, 0.15) is 11.9 Å². The Bertz CT molecular complexity index is 539. The fourth-order valence-electron chi connectivity index (χ4n) is 2.13. The maximum atomic E-state index is 13.1. The number of hydrogen-bond donors (Lipinski definition) is 1. The van der Waals surface area contributed by atoms with E-state index in [2.05, 4.69) is 0 Å². The molecule has 0 amide bonds. The zero-order valence-corrected chi connectivity index (χ0v) is 12.5. The summed E-state index contributed by atoms with van der Waals surface area (Å²) >= 11 is 0. The summed E-state index contributed by atoms with van der Waals surface area (Å²) in [5, 5.41) is 8.74. The van der Waals surface area contributed by atoms with Crippen LogP contribution >= 0.6 is 0 Å². The molecule has 0 saturated heterocycles. The predicted octanol–water partition coefficient (Wildman–Crippen LogP) is 3.72. The predicted molar refractivity (Wildman–Crippen MR) is 73.7 cm³/mol. The molecule has 0 saturated carbocycles. The van der Waals surface area contributed by atoms with Crippen LogP contribution in [0.2, 0.25) is 0 Å². The molecule has 3 nitrogen and oxygen atoms in total. The van der Waals surface area contributed by atoms with E-state index in [0.717, 1.165) is 6.07 Å². The van der Waals surface area contributed by atoms with Gasteiger partial charge in [-0.05, 0) is 25.1 Å². The van der Waals surface area contributed by atoms with E-state index in [4.69, 9.17) is 15.7 Å². The van der Waals surface area contributed by atoms with Crippen LogP contribution in [0, 0.1) is 16.7 Å². The maximum Gasteiger partial charge on any atom is 0.420 e. The van der Waals surface area contributed by atoms with Gasteiger partial charge in [-0.1, -0.05) is 20.8 Å². The summed E-state index contributed by atoms with van der Waals surface area (Å²) in [6.45, 7) is 7.22. The third-order valence-electron chi connectivity index (χ3n) is 3.00. The van der Waals surface area contributed by atoms with Crippen LogP contribution in [-0.4, -0.2) is 12.1 Å². The van der Waals surface area contributed by atoms with Crippen molar-refractivity contribution in [3.8, 4) is 11.8 Å². The summed E-state index contributed by atoms with van der Waals surface area (Å²) in [6.07, 6.45) is -5.19. The second-order valence-corrected chi connectivity index (χ2v) is 6.08. The molecule has 1 aromatic rings. The Morgan fingerprint density at radius 3 is 2.19 bits per heavy atom. The quantitative estimate of drug-likeness (QED) is 0.925. The van der Waals surface area contributed by atoms with Crippen LogP contribution in [0.1, 0.15) is 38.8 Å². The minimum atomic E-state index is -4.59. The number of halogens is 3. The minimum Gasteiger partial charge on any atom is -0.488 e. The van der Waals surface area contributed by atoms with Crippen molar-refractivity contribution in [2.45, 2.75) is 46.0 Å². The molecule has 0 aliphatic carbocycles. The molecule has 0 heterocycles. The Morgan fingerprint density at radius 2 is 1.81 bits per heavy atom. The van der Waals surface area contributed by atoms with E-state index < -0.39 is 29.3 Å². The summed E-state index contributed by atoms with van der Waals surface area (Å²) < 4.78 is 44.8. The van der Waals surface area contributed by atoms with Gasteiger partial charge in [-0.15, -0.1) is 0 Å². The molecule has 2 atom stereocenters. The maximum absolute atomic E-state index is 13.1. The molecule has 2 unspecified atom stereocenters. The van der Waals surface area contributed by atoms with Crippen LogP contribution in [0.4, 0.5) is 13.2 Å². The first-order chi connectivity index (χ1) is 9.46. The number of nitriles is 1. The lowest BCUT2D eigenvalue weighted by Gasteiger charge is -2.34. The molecule has 6 heteroatoms. The molecule has 0 fully saturated rings. The molecule has 0 aromatic heterocycles. The van der Waals surface area contributed by atoms with Gasteiger partial charge in [0.25, 0.3) is 0 Å². The van der Waals surface area contributed by atoms with Gasteiger partial charge >= 0.3 is 6.18 Å². The number of alkyl halides is 3. The van der Waals surface area contributed by atoms with Gasteiger partial charge in [-0.3, -0.25) is 0 Å². The summed E-state index contributed by atoms with van der Waals surface area (Å²) in [5.41, 5.74) is 4.37. The highest BCUT2D eigenvalue weighted by Crippen LogP contribution is 2.38. The van der Waals surface area contributed by atoms with E-state index in [1.54, 1.807) is 13.0 Å². The summed E-state index contributed by atoms with van der Waals surface area (Å²) in [4.78, 5) is 0. The first-order valence-corrected chi connectivity index (χ1v) is 6.50. The average molecular weight is 300 g/mol. The number of ether oxygens (including phenoxy) is 1. The lowest BCUT2D eigenvalue weighted by molar-refractivity contribution is -0.139. The molecule has 0 radical (unpaired) electrons. The van der Waals surface area contributed by atoms with E-state index in [1.165, 1.54) is 12.1 Å². The van der Waals surface area contributed by atoms with Gasteiger partial charge in [-0.25, -0.2) is 0 Å². The van der Waals surface area contributed by atoms with E-state index in [9.17, 15) is 13.2 Å². The fraction of sp³-hybridized carbons (Fsp3) is 0.533. The molecule has 1 rings (SSSR count). The van der Waals surface area contributed by atoms with Crippen LogP contribution in [0.3, 0.4) is 0 Å². The van der Waals surface area contributed by atoms with Crippen LogP contribution in [0.25, 0.3) is 0 Å². The fourth-order valence-corrected chi connectivity index (χ4v) is 2.13. The molecule has 1 aromatic carbocycles. The van der Waals surface area contributed by atoms with Crippen LogP contribution in [0.15, 0.2) is 18.2 Å². The molecule has 0 spiro atoms. The molecule has 0 bridgehead atoms. The Hall–Kier alpha value is -1.74. The Kier molecular flexibility index (Phi) is 4.90. The van der Waals surface area contributed by atoms with E-state index in [0.29, 0.717) is 0 Å². The number of nitrogens with two attached hydrogens (primary N) is 1. The average Bonchev–Trinajstić information content (AvgIpc) is 2.32. The minimum absolute atomic E-state index is 0.0669. The summed E-state index contributed by atoms with van der Waals surface area (Å²) in [6, 6.07) is 4.50. The van der Waals surface area contributed by atoms with Crippen LogP contribution in [-0.2, 0) is 6.18 Å². The van der Waals surface area contributed by atoms with Crippen molar-refractivity contribution in [2.24, 2.45) is 11.1 Å². The lowest BCUT2D eigenvalue weighted by Crippen LogP contribution is -2.45. The van der Waals surface area contributed by atoms with Crippen molar-refractivity contribution < 1.29 is 17.9 Å². The monoisotopic (exact) mass is 300 g/mol. The highest BCUT2D eigenvalue weighted by atomic mass is 19.4. The second kappa shape index (κ2) is 5.94. The number of nitrogens with zero attached hydrogens (tertiary/aromatic N) is 1. The SMILES string of the molecule is CC(N)C(Oc1ccc(C#N)cc1C(F)(F)F)C(C)(C)C. The molecule has 0 aliphatic heterocycles. The van der Waals surface area contributed by atoms with Gasteiger partial charge in [0.2, 0.25) is 0 Å². The normalized spacial score (nSPS) is 15.2. The molecular formula is C15H19F3N2O. The van der Waals surface area contributed by atoms with Crippen LogP contribution in [0.5, 0.6) is 5.75 Å². The lowest BCUT2D eigenvalue weighted by atomic mass is 9.85. The molecule has 21 heavy (non-hydrogen) atoms. The second-order valence-electron chi connectivity index (χ2n) is 6.08. The highest BCUT2D eigenvalue weighted by molar-refractivity contribution is 5.43. The van der Waals surface area contributed by atoms with Crippen molar-refractivity contribution in [1.82, 2.24) is 0 Å². The first-order valence-electron chi connectivity index (χ1n) is 6.50. The molecule has 0 aliphatic rings. The summed E-state index contributed by atoms with van der Waals surface area (Å²) in [7, 11) is 0. The topological polar surface area (TPSA) is 59.0 Å². The van der Waals surface area contributed by atoms with Crippen molar-refractivity contribution in [2.75, 3.05) is 0 Å². The third-order valence-corrected chi connectivity index (χ3v) is 3.00. The van der Waals surface area contributed by atoms with Gasteiger partial charge in [-0.2, -0.15) is 18.4 Å². The van der Waals surface area contributed by atoms with E-state index >= 15 is 0 Å². The van der Waals surface area contributed by atoms with Crippen molar-refractivity contribution in [1.29, 1.82) is 5.26 Å². The highest BCUT2D eigenvalue weighted by Gasteiger charge is 2.37. The van der Waals surface area contributed by atoms with Crippen LogP contribution < -0.4 is 10.5 Å². The van der Waals surface area contributed by atoms with Gasteiger partial charge in [0.05, 0.1) is 17.2 Å².